The number of hydrogen-bond donors (Lipinski definition) is 2. The van der Waals surface area contributed by atoms with Crippen LogP contribution >= 0.6 is 45.8 Å². The average molecular weight is 567 g/mol. The van der Waals surface area contributed by atoms with E-state index in [1.807, 2.05) is 60.7 Å². The van der Waals surface area contributed by atoms with Crippen LogP contribution in [0.15, 0.2) is 97.3 Å². The smallest absolute Gasteiger partial charge is 0.423 e. The molecule has 0 aliphatic rings. The van der Waals surface area contributed by atoms with Gasteiger partial charge in [-0.2, -0.15) is 0 Å². The molecule has 2 aromatic heterocycles. The van der Waals surface area contributed by atoms with Gasteiger partial charge in [0.25, 0.3) is 0 Å². The van der Waals surface area contributed by atoms with Crippen molar-refractivity contribution >= 4 is 58.4 Å². The van der Waals surface area contributed by atoms with Crippen LogP contribution < -0.4 is 5.46 Å². The number of pyridine rings is 2. The molecule has 0 aliphatic carbocycles. The van der Waals surface area contributed by atoms with E-state index in [1.165, 1.54) is 0 Å². The van der Waals surface area contributed by atoms with Crippen LogP contribution in [0.25, 0.3) is 11.1 Å². The summed E-state index contributed by atoms with van der Waals surface area (Å²) in [6, 6.07) is 26.3. The van der Waals surface area contributed by atoms with Crippen LogP contribution in [-0.2, 0) is 0 Å². The van der Waals surface area contributed by atoms with E-state index in [-0.39, 0.29) is 7.43 Å². The van der Waals surface area contributed by atoms with Gasteiger partial charge < -0.3 is 10.0 Å². The van der Waals surface area contributed by atoms with Crippen LogP contribution in [0, 0.1) is 3.57 Å². The molecule has 0 aliphatic heterocycles. The number of nitrogens with zero attached hydrogens (tertiary/aromatic N) is 2. The lowest BCUT2D eigenvalue weighted by molar-refractivity contribution is 0.426. The normalized spacial score (nSPS) is 9.19. The fraction of sp³-hybridized carbons (Fsp3) is 0.0435. The highest BCUT2D eigenvalue weighted by atomic mass is 127. The van der Waals surface area contributed by atoms with Crippen molar-refractivity contribution in [2.24, 2.45) is 0 Å². The summed E-state index contributed by atoms with van der Waals surface area (Å²) in [5.41, 5.74) is 2.78. The molecule has 0 bridgehead atoms. The highest BCUT2D eigenvalue weighted by Gasteiger charge is 2.07. The molecule has 0 amide bonds. The maximum Gasteiger partial charge on any atom is 0.488 e. The molecule has 2 N–H and O–H groups in total. The van der Waals surface area contributed by atoms with E-state index >= 15 is 0 Å². The fourth-order valence-electron chi connectivity index (χ4n) is 2.22. The molecule has 8 heteroatoms. The minimum absolute atomic E-state index is 0. The highest BCUT2D eigenvalue weighted by Crippen LogP contribution is 2.20. The van der Waals surface area contributed by atoms with Crippen molar-refractivity contribution in [2.45, 2.75) is 7.43 Å². The molecule has 0 unspecified atom stereocenters. The van der Waals surface area contributed by atoms with Gasteiger partial charge in [0, 0.05) is 16.0 Å². The van der Waals surface area contributed by atoms with Crippen molar-refractivity contribution in [1.82, 2.24) is 9.97 Å². The first-order chi connectivity index (χ1) is 14.5. The van der Waals surface area contributed by atoms with Crippen molar-refractivity contribution in [2.75, 3.05) is 0 Å². The standard InChI is InChI=1S/C11H8ClN.C6H7BO2.C5H3ClIN.CH4/c12-11-8-10(6-7-13-11)9-4-2-1-3-5-9;8-7(9)6-4-2-1-3-5-6;6-5-3-4(7)1-2-8-5;/h1-8H;1-5,8-9H;1-3H;1H4. The summed E-state index contributed by atoms with van der Waals surface area (Å²) in [6.07, 6.45) is 3.40. The Morgan fingerprint density at radius 3 is 1.61 bits per heavy atom. The van der Waals surface area contributed by atoms with Gasteiger partial charge in [-0.05, 0) is 63.4 Å². The number of rotatable bonds is 2. The van der Waals surface area contributed by atoms with Gasteiger partial charge in [0.15, 0.2) is 0 Å². The molecule has 0 radical (unpaired) electrons. The van der Waals surface area contributed by atoms with E-state index < -0.39 is 7.12 Å². The molecular weight excluding hydrogens is 545 g/mol. The van der Waals surface area contributed by atoms with Crippen LogP contribution in [0.4, 0.5) is 0 Å². The van der Waals surface area contributed by atoms with Crippen molar-refractivity contribution in [3.05, 3.63) is 111 Å². The first-order valence-corrected chi connectivity index (χ1v) is 10.6. The first kappa shape index (κ1) is 27.1. The lowest BCUT2D eigenvalue weighted by Crippen LogP contribution is -2.29. The number of aromatic nitrogens is 2. The van der Waals surface area contributed by atoms with Crippen molar-refractivity contribution in [3.63, 3.8) is 0 Å². The van der Waals surface area contributed by atoms with Gasteiger partial charge in [0.05, 0.1) is 0 Å². The predicted molar refractivity (Wildman–Crippen MR) is 140 cm³/mol. The molecule has 0 saturated heterocycles. The maximum atomic E-state index is 8.58. The molecule has 0 atom stereocenters. The minimum Gasteiger partial charge on any atom is -0.423 e. The predicted octanol–water partition coefficient (Wildman–Crippen LogP) is 5.74. The van der Waals surface area contributed by atoms with Gasteiger partial charge in [-0.15, -0.1) is 0 Å². The van der Waals surface area contributed by atoms with Gasteiger partial charge in [0.1, 0.15) is 10.3 Å². The molecule has 2 heterocycles. The molecule has 31 heavy (non-hydrogen) atoms. The van der Waals surface area contributed by atoms with E-state index in [0.717, 1.165) is 14.7 Å². The molecule has 0 spiro atoms. The second-order valence-corrected chi connectivity index (χ2v) is 7.83. The minimum atomic E-state index is -1.34. The van der Waals surface area contributed by atoms with Crippen LogP contribution in [0.5, 0.6) is 0 Å². The second kappa shape index (κ2) is 14.9. The summed E-state index contributed by atoms with van der Waals surface area (Å²) in [7, 11) is -1.34. The van der Waals surface area contributed by atoms with Gasteiger partial charge in [-0.25, -0.2) is 9.97 Å². The van der Waals surface area contributed by atoms with E-state index in [1.54, 1.807) is 36.7 Å². The lowest BCUT2D eigenvalue weighted by Gasteiger charge is -1.99. The molecular formula is C23H22BCl2IN2O2. The summed E-state index contributed by atoms with van der Waals surface area (Å²) in [5.74, 6) is 0. The third-order valence-corrected chi connectivity index (χ3v) is 4.70. The third-order valence-electron chi connectivity index (χ3n) is 3.62. The van der Waals surface area contributed by atoms with Crippen molar-refractivity contribution in [3.8, 4) is 11.1 Å². The van der Waals surface area contributed by atoms with Crippen LogP contribution in [0.2, 0.25) is 10.3 Å². The molecule has 0 fully saturated rings. The van der Waals surface area contributed by atoms with Gasteiger partial charge in [-0.1, -0.05) is 91.3 Å². The fourth-order valence-corrected chi connectivity index (χ4v) is 3.20. The Morgan fingerprint density at radius 1 is 0.677 bits per heavy atom. The molecule has 2 aromatic carbocycles. The Balaban J connectivity index is 0.000000238. The summed E-state index contributed by atoms with van der Waals surface area (Å²) in [5, 5.41) is 18.2. The molecule has 4 rings (SSSR count). The van der Waals surface area contributed by atoms with Gasteiger partial charge in [-0.3, -0.25) is 0 Å². The van der Waals surface area contributed by atoms with Gasteiger partial charge >= 0.3 is 7.12 Å². The number of halogens is 3. The van der Waals surface area contributed by atoms with Gasteiger partial charge in [0.2, 0.25) is 0 Å². The highest BCUT2D eigenvalue weighted by molar-refractivity contribution is 14.1. The molecule has 4 aromatic rings. The van der Waals surface area contributed by atoms with Crippen LogP contribution in [-0.4, -0.2) is 27.1 Å². The number of benzene rings is 2. The summed E-state index contributed by atoms with van der Waals surface area (Å²) < 4.78 is 1.11. The first-order valence-electron chi connectivity index (χ1n) is 8.81. The maximum absolute atomic E-state index is 8.58. The van der Waals surface area contributed by atoms with Crippen molar-refractivity contribution < 1.29 is 10.0 Å². The van der Waals surface area contributed by atoms with E-state index in [9.17, 15) is 0 Å². The molecule has 4 nitrogen and oxygen atoms in total. The Bertz CT molecular complexity index is 1010. The van der Waals surface area contributed by atoms with E-state index in [4.69, 9.17) is 33.2 Å². The topological polar surface area (TPSA) is 66.2 Å². The SMILES string of the molecule is C.Clc1cc(-c2ccccc2)ccn1.Clc1cc(I)ccn1.OB(O)c1ccccc1. The zero-order valence-corrected chi connectivity index (χ0v) is 19.4. The summed E-state index contributed by atoms with van der Waals surface area (Å²) >= 11 is 13.5. The zero-order valence-electron chi connectivity index (χ0n) is 15.7. The lowest BCUT2D eigenvalue weighted by atomic mass is 9.81. The Labute approximate surface area is 207 Å². The molecule has 0 saturated carbocycles. The molecule has 160 valence electrons. The van der Waals surface area contributed by atoms with E-state index in [2.05, 4.69) is 32.6 Å². The monoisotopic (exact) mass is 566 g/mol. The third kappa shape index (κ3) is 10.8. The zero-order chi connectivity index (χ0) is 21.8. The Morgan fingerprint density at radius 2 is 1.19 bits per heavy atom. The van der Waals surface area contributed by atoms with E-state index in [0.29, 0.717) is 15.8 Å². The summed E-state index contributed by atoms with van der Waals surface area (Å²) in [6.45, 7) is 0. The quantitative estimate of drug-likeness (QED) is 0.184. The summed E-state index contributed by atoms with van der Waals surface area (Å²) in [4.78, 5) is 7.73. The number of hydrogen-bond acceptors (Lipinski definition) is 4. The van der Waals surface area contributed by atoms with Crippen molar-refractivity contribution in [1.29, 1.82) is 0 Å². The Hall–Kier alpha value is -1.97. The second-order valence-electron chi connectivity index (χ2n) is 5.81. The largest absolute Gasteiger partial charge is 0.488 e. The van der Waals surface area contributed by atoms with Crippen LogP contribution in [0.3, 0.4) is 0 Å². The average Bonchev–Trinajstić information content (AvgIpc) is 2.76. The Kier molecular flexibility index (Phi) is 13.0. The van der Waals surface area contributed by atoms with Crippen LogP contribution in [0.1, 0.15) is 7.43 Å².